The van der Waals surface area contributed by atoms with Crippen LogP contribution in [0.5, 0.6) is 0 Å². The summed E-state index contributed by atoms with van der Waals surface area (Å²) >= 11 is 1.77. The molecule has 0 aromatic heterocycles. The van der Waals surface area contributed by atoms with Crippen LogP contribution in [-0.4, -0.2) is 36.8 Å². The van der Waals surface area contributed by atoms with E-state index >= 15 is 0 Å². The average molecular weight is 321 g/mol. The molecule has 22 heavy (non-hydrogen) atoms. The van der Waals surface area contributed by atoms with Crippen molar-refractivity contribution in [2.75, 3.05) is 18.8 Å². The second-order valence-electron chi connectivity index (χ2n) is 5.45. The van der Waals surface area contributed by atoms with Crippen molar-refractivity contribution in [2.45, 2.75) is 30.7 Å². The van der Waals surface area contributed by atoms with Crippen LogP contribution in [0.3, 0.4) is 0 Å². The highest BCUT2D eigenvalue weighted by Crippen LogP contribution is 2.17. The molecule has 1 saturated heterocycles. The molecule has 2 atom stereocenters. The third-order valence-corrected chi connectivity index (χ3v) is 4.75. The topological polar surface area (TPSA) is 70.2 Å². The van der Waals surface area contributed by atoms with E-state index < -0.39 is 6.04 Å². The van der Waals surface area contributed by atoms with Crippen molar-refractivity contribution in [3.63, 3.8) is 0 Å². The van der Waals surface area contributed by atoms with Crippen LogP contribution in [0.25, 0.3) is 0 Å². The molecule has 120 valence electrons. The van der Waals surface area contributed by atoms with Crippen LogP contribution in [0.1, 0.15) is 19.8 Å². The van der Waals surface area contributed by atoms with Gasteiger partial charge in [0.05, 0.1) is 0 Å². The summed E-state index contributed by atoms with van der Waals surface area (Å²) in [5.41, 5.74) is 0. The van der Waals surface area contributed by atoms with Crippen LogP contribution in [-0.2, 0) is 4.79 Å². The third-order valence-electron chi connectivity index (χ3n) is 3.66. The Labute approximate surface area is 135 Å². The van der Waals surface area contributed by atoms with Crippen molar-refractivity contribution in [1.82, 2.24) is 16.0 Å². The lowest BCUT2D eigenvalue weighted by Crippen LogP contribution is -2.56. The predicted molar refractivity (Wildman–Crippen MR) is 88.9 cm³/mol. The van der Waals surface area contributed by atoms with Crippen molar-refractivity contribution in [2.24, 2.45) is 5.92 Å². The molecule has 0 spiro atoms. The van der Waals surface area contributed by atoms with E-state index in [2.05, 4.69) is 28.1 Å². The molecule has 1 fully saturated rings. The maximum absolute atomic E-state index is 11.8. The zero-order valence-electron chi connectivity index (χ0n) is 12.8. The summed E-state index contributed by atoms with van der Waals surface area (Å²) in [7, 11) is 0. The van der Waals surface area contributed by atoms with Gasteiger partial charge in [0.25, 0.3) is 0 Å². The minimum Gasteiger partial charge on any atom is -0.354 e. The number of hydrogen-bond acceptors (Lipinski definition) is 3. The maximum Gasteiger partial charge on any atom is 0.315 e. The van der Waals surface area contributed by atoms with Gasteiger partial charge in [-0.15, -0.1) is 11.8 Å². The first kappa shape index (κ1) is 16.7. The molecule has 3 N–H and O–H groups in total. The largest absolute Gasteiger partial charge is 0.354 e. The Kier molecular flexibility index (Phi) is 6.58. The first-order chi connectivity index (χ1) is 10.7. The zero-order valence-corrected chi connectivity index (χ0v) is 13.6. The molecular weight excluding hydrogens is 298 g/mol. The standard InChI is InChI=1S/C16H23N3O2S/c1-12-8-10-17-15(20)14(12)19-16(21)18-9-5-11-22-13-6-3-2-4-7-13/h2-4,6-7,12,14H,5,8-11H2,1H3,(H,17,20)(H2,18,19,21)/t12-,14+/m0/s1. The van der Waals surface area contributed by atoms with Gasteiger partial charge < -0.3 is 16.0 Å². The molecule has 0 radical (unpaired) electrons. The van der Waals surface area contributed by atoms with E-state index in [0.29, 0.717) is 13.1 Å². The number of benzene rings is 1. The molecule has 5 nitrogen and oxygen atoms in total. The fourth-order valence-electron chi connectivity index (χ4n) is 2.34. The number of piperidine rings is 1. The van der Waals surface area contributed by atoms with Crippen LogP contribution in [0, 0.1) is 5.92 Å². The van der Waals surface area contributed by atoms with Crippen LogP contribution >= 0.6 is 11.8 Å². The Morgan fingerprint density at radius 1 is 1.36 bits per heavy atom. The molecule has 6 heteroatoms. The fourth-order valence-corrected chi connectivity index (χ4v) is 3.21. The van der Waals surface area contributed by atoms with E-state index in [1.54, 1.807) is 11.8 Å². The minimum absolute atomic E-state index is 0.0893. The van der Waals surface area contributed by atoms with Crippen LogP contribution in [0.2, 0.25) is 0 Å². The summed E-state index contributed by atoms with van der Waals surface area (Å²) < 4.78 is 0. The SMILES string of the molecule is C[C@H]1CCNC(=O)[C@@H]1NC(=O)NCCCSc1ccccc1. The Bertz CT molecular complexity index is 495. The van der Waals surface area contributed by atoms with Gasteiger partial charge in [-0.1, -0.05) is 25.1 Å². The Morgan fingerprint density at radius 2 is 2.14 bits per heavy atom. The zero-order chi connectivity index (χ0) is 15.8. The Hall–Kier alpha value is -1.69. The summed E-state index contributed by atoms with van der Waals surface area (Å²) in [5.74, 6) is 1.03. The minimum atomic E-state index is -0.424. The number of carbonyl (C=O) groups is 2. The first-order valence-electron chi connectivity index (χ1n) is 7.67. The summed E-state index contributed by atoms with van der Waals surface area (Å²) in [6, 6.07) is 9.50. The molecule has 0 saturated carbocycles. The fraction of sp³-hybridized carbons (Fsp3) is 0.500. The monoisotopic (exact) mass is 321 g/mol. The Balaban J connectivity index is 1.60. The number of hydrogen-bond donors (Lipinski definition) is 3. The summed E-state index contributed by atoms with van der Waals surface area (Å²) in [4.78, 5) is 24.8. The molecule has 3 amide bonds. The molecule has 1 aromatic rings. The molecule has 0 bridgehead atoms. The van der Waals surface area contributed by atoms with Gasteiger partial charge in [-0.05, 0) is 36.6 Å². The normalized spacial score (nSPS) is 21.0. The van der Waals surface area contributed by atoms with E-state index in [1.807, 2.05) is 25.1 Å². The average Bonchev–Trinajstić information content (AvgIpc) is 2.52. The molecule has 1 aromatic carbocycles. The van der Waals surface area contributed by atoms with Gasteiger partial charge in [-0.3, -0.25) is 4.79 Å². The number of nitrogens with one attached hydrogen (secondary N) is 3. The molecule has 0 unspecified atom stereocenters. The molecule has 1 heterocycles. The Morgan fingerprint density at radius 3 is 2.86 bits per heavy atom. The van der Waals surface area contributed by atoms with E-state index in [4.69, 9.17) is 0 Å². The number of carbonyl (C=O) groups excluding carboxylic acids is 2. The molecule has 0 aliphatic carbocycles. The van der Waals surface area contributed by atoms with Gasteiger partial charge in [0, 0.05) is 18.0 Å². The van der Waals surface area contributed by atoms with Gasteiger partial charge in [0.15, 0.2) is 0 Å². The number of amides is 3. The van der Waals surface area contributed by atoms with E-state index in [1.165, 1.54) is 4.90 Å². The highest BCUT2D eigenvalue weighted by molar-refractivity contribution is 7.99. The summed E-state index contributed by atoms with van der Waals surface area (Å²) in [5, 5.41) is 8.35. The molecular formula is C16H23N3O2S. The molecule has 1 aliphatic rings. The lowest BCUT2D eigenvalue weighted by molar-refractivity contribution is -0.125. The lowest BCUT2D eigenvalue weighted by Gasteiger charge is -2.28. The highest BCUT2D eigenvalue weighted by atomic mass is 32.2. The maximum atomic E-state index is 11.8. The van der Waals surface area contributed by atoms with Gasteiger partial charge in [-0.25, -0.2) is 4.79 Å². The predicted octanol–water partition coefficient (Wildman–Crippen LogP) is 1.99. The quantitative estimate of drug-likeness (QED) is 0.554. The van der Waals surface area contributed by atoms with E-state index in [-0.39, 0.29) is 17.9 Å². The van der Waals surface area contributed by atoms with Crippen LogP contribution in [0.4, 0.5) is 4.79 Å². The molecule has 2 rings (SSSR count). The number of thioether (sulfide) groups is 1. The van der Waals surface area contributed by atoms with Gasteiger partial charge in [0.2, 0.25) is 5.91 Å². The van der Waals surface area contributed by atoms with Crippen molar-refractivity contribution in [1.29, 1.82) is 0 Å². The van der Waals surface area contributed by atoms with Crippen molar-refractivity contribution in [3.05, 3.63) is 30.3 Å². The van der Waals surface area contributed by atoms with Crippen molar-refractivity contribution < 1.29 is 9.59 Å². The van der Waals surface area contributed by atoms with Crippen LogP contribution in [0.15, 0.2) is 35.2 Å². The first-order valence-corrected chi connectivity index (χ1v) is 8.65. The second kappa shape index (κ2) is 8.68. The summed E-state index contributed by atoms with van der Waals surface area (Å²) in [6.07, 6.45) is 1.78. The van der Waals surface area contributed by atoms with E-state index in [0.717, 1.165) is 18.6 Å². The van der Waals surface area contributed by atoms with E-state index in [9.17, 15) is 9.59 Å². The third kappa shape index (κ3) is 5.26. The second-order valence-corrected chi connectivity index (χ2v) is 6.62. The van der Waals surface area contributed by atoms with Crippen LogP contribution < -0.4 is 16.0 Å². The van der Waals surface area contributed by atoms with Gasteiger partial charge in [0.1, 0.15) is 6.04 Å². The number of urea groups is 1. The smallest absolute Gasteiger partial charge is 0.315 e. The summed E-state index contributed by atoms with van der Waals surface area (Å²) in [6.45, 7) is 3.28. The van der Waals surface area contributed by atoms with Crippen molar-refractivity contribution in [3.8, 4) is 0 Å². The molecule has 1 aliphatic heterocycles. The van der Waals surface area contributed by atoms with Gasteiger partial charge >= 0.3 is 6.03 Å². The van der Waals surface area contributed by atoms with Gasteiger partial charge in [-0.2, -0.15) is 0 Å². The lowest BCUT2D eigenvalue weighted by atomic mass is 9.94. The number of rotatable bonds is 6. The highest BCUT2D eigenvalue weighted by Gasteiger charge is 2.29. The van der Waals surface area contributed by atoms with Crippen molar-refractivity contribution >= 4 is 23.7 Å².